The monoisotopic (exact) mass is 492 g/mol. The van der Waals surface area contributed by atoms with Gasteiger partial charge in [-0.1, -0.05) is 24.3 Å². The van der Waals surface area contributed by atoms with Crippen molar-refractivity contribution in [1.82, 2.24) is 0 Å². The van der Waals surface area contributed by atoms with Crippen LogP contribution in [0.25, 0.3) is 0 Å². The van der Waals surface area contributed by atoms with Crippen LogP contribution >= 0.6 is 11.6 Å². The quantitative estimate of drug-likeness (QED) is 0.201. The molecule has 31 heavy (non-hydrogen) atoms. The highest BCUT2D eigenvalue weighted by molar-refractivity contribution is 6.68. The number of rotatable bonds is 18. The van der Waals surface area contributed by atoms with E-state index in [1.807, 2.05) is 41.5 Å². The molecule has 0 heterocycles. The minimum Gasteiger partial charge on any atom is -0.374 e. The molecule has 0 fully saturated rings. The predicted molar refractivity (Wildman–Crippen MR) is 130 cm³/mol. The van der Waals surface area contributed by atoms with Gasteiger partial charge >= 0.3 is 17.6 Å². The third-order valence-electron chi connectivity index (χ3n) is 4.79. The lowest BCUT2D eigenvalue weighted by atomic mass is 10.1. The van der Waals surface area contributed by atoms with Gasteiger partial charge in [-0.2, -0.15) is 0 Å². The van der Waals surface area contributed by atoms with Gasteiger partial charge in [0.15, 0.2) is 0 Å². The smallest absolute Gasteiger partial charge is 0.374 e. The summed E-state index contributed by atoms with van der Waals surface area (Å²) in [5.41, 5.74) is 2.19. The first-order chi connectivity index (χ1) is 15.0. The van der Waals surface area contributed by atoms with Crippen LogP contribution in [0.5, 0.6) is 0 Å². The number of halogens is 1. The molecule has 0 aliphatic carbocycles. The summed E-state index contributed by atoms with van der Waals surface area (Å²) in [6, 6.07) is 8.91. The first-order valence-electron chi connectivity index (χ1n) is 11.5. The maximum absolute atomic E-state index is 6.30. The van der Waals surface area contributed by atoms with E-state index in [4.69, 9.17) is 38.2 Å². The zero-order chi connectivity index (χ0) is 23.2. The fourth-order valence-corrected chi connectivity index (χ4v) is 11.0. The molecule has 0 saturated heterocycles. The van der Waals surface area contributed by atoms with E-state index < -0.39 is 17.6 Å². The summed E-state index contributed by atoms with van der Waals surface area (Å²) in [7, 11) is -6.01. The van der Waals surface area contributed by atoms with Crippen LogP contribution in [0.3, 0.4) is 0 Å². The second kappa shape index (κ2) is 15.5. The molecule has 0 amide bonds. The van der Waals surface area contributed by atoms with Gasteiger partial charge in [0.05, 0.1) is 0 Å². The third kappa shape index (κ3) is 8.87. The van der Waals surface area contributed by atoms with Crippen molar-refractivity contribution in [3.63, 3.8) is 0 Å². The minimum atomic E-state index is -3.06. The van der Waals surface area contributed by atoms with Crippen LogP contribution in [0, 0.1) is 0 Å². The van der Waals surface area contributed by atoms with E-state index in [2.05, 4.69) is 24.3 Å². The second-order valence-corrected chi connectivity index (χ2v) is 12.7. The molecule has 1 rings (SSSR count). The Morgan fingerprint density at radius 3 is 1.39 bits per heavy atom. The third-order valence-corrected chi connectivity index (χ3v) is 12.2. The fraction of sp³-hybridized carbons (Fsp3) is 0.727. The standard InChI is InChI=1S/C22H41ClO6Si2/c1-7-24-30(25-8-2,26-9-3)19-22(17-20-13-15-21(18-23)16-14-20)31(27-10-4,28-11-5)29-12-6/h13-16,22H,7-12,17-19H2,1-6H3. The fourth-order valence-electron chi connectivity index (χ4n) is 3.72. The van der Waals surface area contributed by atoms with Crippen molar-refractivity contribution in [3.05, 3.63) is 35.4 Å². The van der Waals surface area contributed by atoms with Crippen molar-refractivity contribution in [2.45, 2.75) is 65.4 Å². The Morgan fingerprint density at radius 2 is 1.03 bits per heavy atom. The van der Waals surface area contributed by atoms with Crippen LogP contribution in [0.15, 0.2) is 24.3 Å². The van der Waals surface area contributed by atoms with E-state index in [0.717, 1.165) is 12.0 Å². The van der Waals surface area contributed by atoms with E-state index in [0.29, 0.717) is 51.6 Å². The van der Waals surface area contributed by atoms with Crippen molar-refractivity contribution in [3.8, 4) is 0 Å². The normalized spacial score (nSPS) is 13.5. The van der Waals surface area contributed by atoms with Crippen molar-refractivity contribution < 1.29 is 26.6 Å². The molecule has 0 aliphatic rings. The maximum atomic E-state index is 6.30. The topological polar surface area (TPSA) is 55.4 Å². The highest BCUT2D eigenvalue weighted by Gasteiger charge is 2.55. The van der Waals surface area contributed by atoms with E-state index >= 15 is 0 Å². The molecule has 1 aromatic rings. The lowest BCUT2D eigenvalue weighted by molar-refractivity contribution is 0.0485. The van der Waals surface area contributed by atoms with E-state index in [1.54, 1.807) is 0 Å². The Balaban J connectivity index is 3.42. The average molecular weight is 493 g/mol. The summed E-state index contributed by atoms with van der Waals surface area (Å²) in [5, 5.41) is 0. The summed E-state index contributed by atoms with van der Waals surface area (Å²) in [5.74, 6) is 0.494. The van der Waals surface area contributed by atoms with Gasteiger partial charge in [-0.25, -0.2) is 0 Å². The summed E-state index contributed by atoms with van der Waals surface area (Å²) >= 11 is 5.98. The molecule has 9 heteroatoms. The Hall–Kier alpha value is -0.296. The van der Waals surface area contributed by atoms with Crippen LogP contribution in [0.1, 0.15) is 52.7 Å². The van der Waals surface area contributed by atoms with Crippen LogP contribution in [0.4, 0.5) is 0 Å². The molecule has 0 aliphatic heterocycles. The molecule has 0 aromatic heterocycles. The van der Waals surface area contributed by atoms with Crippen molar-refractivity contribution in [1.29, 1.82) is 0 Å². The van der Waals surface area contributed by atoms with E-state index in [9.17, 15) is 0 Å². The van der Waals surface area contributed by atoms with Crippen LogP contribution in [-0.4, -0.2) is 57.3 Å². The number of hydrogen-bond donors (Lipinski definition) is 0. The first kappa shape index (κ1) is 28.7. The van der Waals surface area contributed by atoms with Gasteiger partial charge in [-0.05, 0) is 59.1 Å². The Bertz CT molecular complexity index is 556. The van der Waals surface area contributed by atoms with Crippen molar-refractivity contribution in [2.75, 3.05) is 39.6 Å². The molecular weight excluding hydrogens is 452 g/mol. The largest absolute Gasteiger partial charge is 0.504 e. The molecule has 0 radical (unpaired) electrons. The van der Waals surface area contributed by atoms with Gasteiger partial charge in [0, 0.05) is 57.1 Å². The second-order valence-electron chi connectivity index (χ2n) is 6.94. The summed E-state index contributed by atoms with van der Waals surface area (Å²) < 4.78 is 37.4. The van der Waals surface area contributed by atoms with Gasteiger partial charge in [0.2, 0.25) is 0 Å². The number of alkyl halides is 1. The first-order valence-corrected chi connectivity index (χ1v) is 15.7. The molecular formula is C22H41ClO6Si2. The Morgan fingerprint density at radius 1 is 0.645 bits per heavy atom. The number of hydrogen-bond acceptors (Lipinski definition) is 6. The highest BCUT2D eigenvalue weighted by Crippen LogP contribution is 2.38. The van der Waals surface area contributed by atoms with Crippen LogP contribution < -0.4 is 0 Å². The SMILES string of the molecule is CCO[Si](CC(Cc1ccc(CCl)cc1)[Si](OCC)(OCC)OCC)(OCC)OCC. The average Bonchev–Trinajstić information content (AvgIpc) is 2.75. The summed E-state index contributed by atoms with van der Waals surface area (Å²) in [6.45, 7) is 15.0. The molecule has 0 bridgehead atoms. The lowest BCUT2D eigenvalue weighted by Gasteiger charge is -2.39. The lowest BCUT2D eigenvalue weighted by Crippen LogP contribution is -2.56. The van der Waals surface area contributed by atoms with Crippen LogP contribution in [-0.2, 0) is 38.9 Å². The molecule has 1 unspecified atom stereocenters. The summed E-state index contributed by atoms with van der Waals surface area (Å²) in [4.78, 5) is 0. The molecule has 0 N–H and O–H groups in total. The Kier molecular flexibility index (Phi) is 14.4. The van der Waals surface area contributed by atoms with E-state index in [-0.39, 0.29) is 5.54 Å². The van der Waals surface area contributed by atoms with E-state index in [1.165, 1.54) is 5.56 Å². The molecule has 1 atom stereocenters. The molecule has 0 spiro atoms. The predicted octanol–water partition coefficient (Wildman–Crippen LogP) is 5.43. The minimum absolute atomic E-state index is 0.0643. The van der Waals surface area contributed by atoms with Gasteiger partial charge in [-0.15, -0.1) is 11.6 Å². The van der Waals surface area contributed by atoms with Gasteiger partial charge < -0.3 is 26.6 Å². The van der Waals surface area contributed by atoms with Gasteiger partial charge in [-0.3, -0.25) is 0 Å². The summed E-state index contributed by atoms with van der Waals surface area (Å²) in [6.07, 6.45) is 0.719. The van der Waals surface area contributed by atoms with Gasteiger partial charge in [0.25, 0.3) is 0 Å². The molecule has 6 nitrogen and oxygen atoms in total. The molecule has 1 aromatic carbocycles. The zero-order valence-electron chi connectivity index (χ0n) is 20.1. The highest BCUT2D eigenvalue weighted by atomic mass is 35.5. The maximum Gasteiger partial charge on any atom is 0.504 e. The van der Waals surface area contributed by atoms with Crippen LogP contribution in [0.2, 0.25) is 11.6 Å². The van der Waals surface area contributed by atoms with Crippen molar-refractivity contribution >= 4 is 29.2 Å². The van der Waals surface area contributed by atoms with Crippen molar-refractivity contribution in [2.24, 2.45) is 0 Å². The zero-order valence-corrected chi connectivity index (χ0v) is 22.8. The number of benzene rings is 1. The van der Waals surface area contributed by atoms with Gasteiger partial charge in [0.1, 0.15) is 0 Å². The molecule has 0 saturated carbocycles. The molecule has 180 valence electrons. The Labute approximate surface area is 196 Å².